The minimum Gasteiger partial charge on any atom is -0.383 e. The first-order valence-electron chi connectivity index (χ1n) is 9.18. The van der Waals surface area contributed by atoms with E-state index >= 15 is 0 Å². The maximum Gasteiger partial charge on any atom is 0.261 e. The second kappa shape index (κ2) is 8.10. The molecule has 4 aromatic rings. The SMILES string of the molecule is COCCN(C(=O)Cn1cnc2c(C)cccc2c1=O)c1nc2ccccc2s1. The minimum atomic E-state index is -0.239. The van der Waals surface area contributed by atoms with E-state index in [1.165, 1.54) is 22.2 Å². The van der Waals surface area contributed by atoms with Crippen LogP contribution in [0.2, 0.25) is 0 Å². The van der Waals surface area contributed by atoms with Gasteiger partial charge in [-0.1, -0.05) is 35.6 Å². The number of thiazole rings is 1. The maximum atomic E-state index is 13.1. The molecule has 0 saturated carbocycles. The van der Waals surface area contributed by atoms with Crippen molar-refractivity contribution < 1.29 is 9.53 Å². The van der Waals surface area contributed by atoms with Gasteiger partial charge in [-0.05, 0) is 30.7 Å². The maximum absolute atomic E-state index is 13.1. The molecule has 0 spiro atoms. The molecule has 4 rings (SSSR count). The average Bonchev–Trinajstić information content (AvgIpc) is 3.14. The van der Waals surface area contributed by atoms with Gasteiger partial charge in [0.25, 0.3) is 5.56 Å². The standard InChI is InChI=1S/C21H20N4O3S/c1-14-6-5-7-15-19(14)22-13-24(20(15)27)12-18(26)25(10-11-28-2)21-23-16-8-3-4-9-17(16)29-21/h3-9,13H,10-12H2,1-2H3. The van der Waals surface area contributed by atoms with Crippen LogP contribution in [0.4, 0.5) is 5.13 Å². The molecular formula is C21H20N4O3S. The van der Waals surface area contributed by atoms with E-state index in [0.717, 1.165) is 15.8 Å². The van der Waals surface area contributed by atoms with Gasteiger partial charge in [-0.2, -0.15) is 0 Å². The predicted molar refractivity (Wildman–Crippen MR) is 115 cm³/mol. The molecule has 1 amide bonds. The fourth-order valence-corrected chi connectivity index (χ4v) is 4.18. The lowest BCUT2D eigenvalue weighted by Crippen LogP contribution is -2.38. The fraction of sp³-hybridized carbons (Fsp3) is 0.238. The van der Waals surface area contributed by atoms with Crippen LogP contribution in [0.15, 0.2) is 53.6 Å². The number of rotatable bonds is 6. The number of hydrogen-bond donors (Lipinski definition) is 0. The minimum absolute atomic E-state index is 0.116. The van der Waals surface area contributed by atoms with E-state index in [4.69, 9.17) is 4.74 Å². The third-order valence-corrected chi connectivity index (χ3v) is 5.75. The van der Waals surface area contributed by atoms with Crippen LogP contribution in [0, 0.1) is 6.92 Å². The Bertz CT molecular complexity index is 1210. The Balaban J connectivity index is 1.67. The molecule has 2 aromatic heterocycles. The summed E-state index contributed by atoms with van der Waals surface area (Å²) in [6.07, 6.45) is 1.43. The van der Waals surface area contributed by atoms with Crippen molar-refractivity contribution in [2.45, 2.75) is 13.5 Å². The van der Waals surface area contributed by atoms with Gasteiger partial charge >= 0.3 is 0 Å². The van der Waals surface area contributed by atoms with Crippen LogP contribution in [-0.2, 0) is 16.1 Å². The zero-order valence-electron chi connectivity index (χ0n) is 16.2. The Hall–Kier alpha value is -3.10. The van der Waals surface area contributed by atoms with E-state index in [2.05, 4.69) is 9.97 Å². The van der Waals surface area contributed by atoms with Gasteiger partial charge in [0.05, 0.1) is 40.6 Å². The molecule has 148 valence electrons. The number of anilines is 1. The molecule has 0 saturated heterocycles. The summed E-state index contributed by atoms with van der Waals surface area (Å²) in [7, 11) is 1.58. The number of para-hydroxylation sites is 2. The first-order chi connectivity index (χ1) is 14.1. The molecule has 2 heterocycles. The normalized spacial score (nSPS) is 11.2. The van der Waals surface area contributed by atoms with Crippen molar-refractivity contribution in [3.05, 3.63) is 64.7 Å². The number of ether oxygens (including phenoxy) is 1. The predicted octanol–water partition coefficient (Wildman–Crippen LogP) is 2.99. The van der Waals surface area contributed by atoms with E-state index in [-0.39, 0.29) is 18.0 Å². The summed E-state index contributed by atoms with van der Waals surface area (Å²) in [4.78, 5) is 36.5. The van der Waals surface area contributed by atoms with Gasteiger partial charge in [0.1, 0.15) is 6.54 Å². The topological polar surface area (TPSA) is 77.3 Å². The molecule has 0 atom stereocenters. The van der Waals surface area contributed by atoms with Crippen LogP contribution < -0.4 is 10.5 Å². The van der Waals surface area contributed by atoms with Gasteiger partial charge in [0.2, 0.25) is 5.91 Å². The molecule has 0 aliphatic rings. The zero-order chi connectivity index (χ0) is 20.4. The Kier molecular flexibility index (Phi) is 5.37. The fourth-order valence-electron chi connectivity index (χ4n) is 3.17. The van der Waals surface area contributed by atoms with Crippen LogP contribution in [-0.4, -0.2) is 40.7 Å². The Morgan fingerprint density at radius 3 is 2.83 bits per heavy atom. The number of fused-ring (bicyclic) bond motifs is 2. The molecule has 8 heteroatoms. The quantitative estimate of drug-likeness (QED) is 0.490. The summed E-state index contributed by atoms with van der Waals surface area (Å²) in [6, 6.07) is 13.2. The molecule has 2 aromatic carbocycles. The highest BCUT2D eigenvalue weighted by atomic mass is 32.1. The monoisotopic (exact) mass is 408 g/mol. The van der Waals surface area contributed by atoms with E-state index in [1.54, 1.807) is 18.1 Å². The third kappa shape index (κ3) is 3.76. The molecule has 0 bridgehead atoms. The molecule has 0 radical (unpaired) electrons. The summed E-state index contributed by atoms with van der Waals surface area (Å²) >= 11 is 1.44. The number of methoxy groups -OCH3 is 1. The van der Waals surface area contributed by atoms with Crippen molar-refractivity contribution >= 4 is 43.5 Å². The summed E-state index contributed by atoms with van der Waals surface area (Å²) < 4.78 is 7.51. The van der Waals surface area contributed by atoms with Crippen molar-refractivity contribution in [2.24, 2.45) is 0 Å². The summed E-state index contributed by atoms with van der Waals surface area (Å²) in [5.74, 6) is -0.239. The number of hydrogen-bond acceptors (Lipinski definition) is 6. The summed E-state index contributed by atoms with van der Waals surface area (Å²) in [5, 5.41) is 1.09. The molecule has 0 aliphatic heterocycles. The molecule has 7 nitrogen and oxygen atoms in total. The second-order valence-electron chi connectivity index (χ2n) is 6.65. The molecule has 0 unspecified atom stereocenters. The van der Waals surface area contributed by atoms with Crippen molar-refractivity contribution in [1.29, 1.82) is 0 Å². The first kappa shape index (κ1) is 19.2. The lowest BCUT2D eigenvalue weighted by Gasteiger charge is -2.20. The van der Waals surface area contributed by atoms with Crippen LogP contribution in [0.5, 0.6) is 0 Å². The van der Waals surface area contributed by atoms with Crippen LogP contribution in [0.1, 0.15) is 5.56 Å². The highest BCUT2D eigenvalue weighted by molar-refractivity contribution is 7.22. The van der Waals surface area contributed by atoms with Crippen molar-refractivity contribution in [1.82, 2.24) is 14.5 Å². The molecule has 0 aliphatic carbocycles. The van der Waals surface area contributed by atoms with E-state index in [1.807, 2.05) is 43.3 Å². The Morgan fingerprint density at radius 2 is 2.03 bits per heavy atom. The number of benzene rings is 2. The number of nitrogens with zero attached hydrogens (tertiary/aromatic N) is 4. The molecular weight excluding hydrogens is 388 g/mol. The first-order valence-corrected chi connectivity index (χ1v) is 10.00. The van der Waals surface area contributed by atoms with Gasteiger partial charge in [-0.25, -0.2) is 9.97 Å². The van der Waals surface area contributed by atoms with Gasteiger partial charge in [-0.15, -0.1) is 0 Å². The van der Waals surface area contributed by atoms with Crippen molar-refractivity contribution in [3.63, 3.8) is 0 Å². The van der Waals surface area contributed by atoms with Gasteiger partial charge < -0.3 is 4.74 Å². The zero-order valence-corrected chi connectivity index (χ0v) is 17.0. The second-order valence-corrected chi connectivity index (χ2v) is 7.66. The molecule has 29 heavy (non-hydrogen) atoms. The Labute approximate surface area is 171 Å². The van der Waals surface area contributed by atoms with Crippen molar-refractivity contribution in [2.75, 3.05) is 25.2 Å². The number of aryl methyl sites for hydroxylation is 1. The lowest BCUT2D eigenvalue weighted by molar-refractivity contribution is -0.119. The molecule has 0 N–H and O–H groups in total. The summed E-state index contributed by atoms with van der Waals surface area (Å²) in [5.41, 5.74) is 2.18. The number of carbonyl (C=O) groups excluding carboxylic acids is 1. The van der Waals surface area contributed by atoms with E-state index in [9.17, 15) is 9.59 Å². The molecule has 0 fully saturated rings. The smallest absolute Gasteiger partial charge is 0.261 e. The average molecular weight is 408 g/mol. The lowest BCUT2D eigenvalue weighted by atomic mass is 10.1. The van der Waals surface area contributed by atoms with E-state index < -0.39 is 0 Å². The van der Waals surface area contributed by atoms with Gasteiger partial charge in [-0.3, -0.25) is 19.1 Å². The third-order valence-electron chi connectivity index (χ3n) is 4.69. The van der Waals surface area contributed by atoms with Crippen molar-refractivity contribution in [3.8, 4) is 0 Å². The number of amides is 1. The van der Waals surface area contributed by atoms with Crippen LogP contribution in [0.3, 0.4) is 0 Å². The highest BCUT2D eigenvalue weighted by Crippen LogP contribution is 2.28. The van der Waals surface area contributed by atoms with E-state index in [0.29, 0.717) is 29.2 Å². The largest absolute Gasteiger partial charge is 0.383 e. The summed E-state index contributed by atoms with van der Waals surface area (Å²) in [6.45, 7) is 2.51. The highest BCUT2D eigenvalue weighted by Gasteiger charge is 2.21. The Morgan fingerprint density at radius 1 is 1.21 bits per heavy atom. The number of aromatic nitrogens is 3. The van der Waals surface area contributed by atoms with Gasteiger partial charge in [0.15, 0.2) is 5.13 Å². The number of carbonyl (C=O) groups is 1. The van der Waals surface area contributed by atoms with Crippen LogP contribution in [0.25, 0.3) is 21.1 Å². The van der Waals surface area contributed by atoms with Crippen LogP contribution >= 0.6 is 11.3 Å². The van der Waals surface area contributed by atoms with Gasteiger partial charge in [0, 0.05) is 7.11 Å².